The van der Waals surface area contributed by atoms with Crippen LogP contribution in [0.5, 0.6) is 0 Å². The molecule has 0 bridgehead atoms. The third kappa shape index (κ3) is 2.22. The Bertz CT molecular complexity index is 244. The van der Waals surface area contributed by atoms with Gasteiger partial charge >= 0.3 is 0 Å². The topological polar surface area (TPSA) is 29.1 Å². The number of carbonyl (C=O) groups excluding carboxylic acids is 1. The number of rotatable bonds is 3. The van der Waals surface area contributed by atoms with E-state index in [1.807, 2.05) is 0 Å². The highest BCUT2D eigenvalue weighted by molar-refractivity contribution is 9.09. The number of halogens is 1. The lowest BCUT2D eigenvalue weighted by Gasteiger charge is -2.42. The van der Waals surface area contributed by atoms with Crippen LogP contribution in [0.15, 0.2) is 0 Å². The Hall–Kier alpha value is -0.0500. The molecule has 0 saturated heterocycles. The smallest absolute Gasteiger partial charge is 0.223 e. The molecule has 0 radical (unpaired) electrons. The van der Waals surface area contributed by atoms with E-state index >= 15 is 0 Å². The predicted molar refractivity (Wildman–Crippen MR) is 65.0 cm³/mol. The molecule has 0 spiro atoms. The molecule has 2 aliphatic rings. The summed E-state index contributed by atoms with van der Waals surface area (Å²) < 4.78 is 0. The summed E-state index contributed by atoms with van der Waals surface area (Å²) in [6, 6.07) is 0. The van der Waals surface area contributed by atoms with E-state index in [9.17, 15) is 4.79 Å². The van der Waals surface area contributed by atoms with Gasteiger partial charge in [-0.05, 0) is 38.0 Å². The molecule has 3 heteroatoms. The molecule has 86 valence electrons. The standard InChI is InChI=1S/C12H20BrNO/c1-9-4-2-5-10(9)11(15)14-12(8-13)6-3-7-12/h9-10H,2-8H2,1H3,(H,14,15). The van der Waals surface area contributed by atoms with Crippen LogP contribution >= 0.6 is 15.9 Å². The maximum absolute atomic E-state index is 12.1. The number of carbonyl (C=O) groups is 1. The van der Waals surface area contributed by atoms with Gasteiger partial charge in [-0.15, -0.1) is 0 Å². The van der Waals surface area contributed by atoms with E-state index < -0.39 is 0 Å². The first-order valence-corrected chi connectivity index (χ1v) is 7.17. The fourth-order valence-electron chi connectivity index (χ4n) is 2.78. The first kappa shape index (κ1) is 11.4. The van der Waals surface area contributed by atoms with E-state index in [0.717, 1.165) is 24.6 Å². The summed E-state index contributed by atoms with van der Waals surface area (Å²) in [6.07, 6.45) is 7.08. The predicted octanol–water partition coefficient (Wildman–Crippen LogP) is 2.86. The minimum Gasteiger partial charge on any atom is -0.350 e. The van der Waals surface area contributed by atoms with Crippen molar-refractivity contribution in [3.63, 3.8) is 0 Å². The van der Waals surface area contributed by atoms with E-state index in [1.54, 1.807) is 0 Å². The molecule has 0 aliphatic heterocycles. The van der Waals surface area contributed by atoms with Gasteiger partial charge in [0.15, 0.2) is 0 Å². The number of nitrogens with one attached hydrogen (secondary N) is 1. The van der Waals surface area contributed by atoms with Crippen LogP contribution in [0, 0.1) is 11.8 Å². The van der Waals surface area contributed by atoms with E-state index in [1.165, 1.54) is 19.3 Å². The molecule has 2 saturated carbocycles. The van der Waals surface area contributed by atoms with Gasteiger partial charge in [0, 0.05) is 16.8 Å². The zero-order chi connectivity index (χ0) is 10.9. The molecule has 0 aromatic heterocycles. The van der Waals surface area contributed by atoms with Gasteiger partial charge in [0.25, 0.3) is 0 Å². The molecule has 2 atom stereocenters. The van der Waals surface area contributed by atoms with Gasteiger partial charge in [-0.3, -0.25) is 4.79 Å². The Morgan fingerprint density at radius 2 is 2.13 bits per heavy atom. The molecule has 2 unspecified atom stereocenters. The molecular weight excluding hydrogens is 254 g/mol. The van der Waals surface area contributed by atoms with Crippen LogP contribution in [0.4, 0.5) is 0 Å². The summed E-state index contributed by atoms with van der Waals surface area (Å²) in [5, 5.41) is 4.18. The van der Waals surface area contributed by atoms with Crippen molar-refractivity contribution < 1.29 is 4.79 Å². The summed E-state index contributed by atoms with van der Waals surface area (Å²) >= 11 is 3.52. The molecule has 1 N–H and O–H groups in total. The summed E-state index contributed by atoms with van der Waals surface area (Å²) in [6.45, 7) is 2.21. The highest BCUT2D eigenvalue weighted by atomic mass is 79.9. The van der Waals surface area contributed by atoms with Gasteiger partial charge in [0.05, 0.1) is 0 Å². The summed E-state index contributed by atoms with van der Waals surface area (Å²) in [4.78, 5) is 12.1. The quantitative estimate of drug-likeness (QED) is 0.788. The number of hydrogen-bond acceptors (Lipinski definition) is 1. The largest absolute Gasteiger partial charge is 0.350 e. The van der Waals surface area contributed by atoms with Crippen LogP contribution in [0.1, 0.15) is 45.4 Å². The first-order chi connectivity index (χ1) is 7.17. The summed E-state index contributed by atoms with van der Waals surface area (Å²) in [7, 11) is 0. The fourth-order valence-corrected chi connectivity index (χ4v) is 3.49. The van der Waals surface area contributed by atoms with Gasteiger partial charge in [0.1, 0.15) is 0 Å². The molecule has 2 fully saturated rings. The third-order valence-electron chi connectivity index (χ3n) is 4.15. The number of hydrogen-bond donors (Lipinski definition) is 1. The van der Waals surface area contributed by atoms with Crippen LogP contribution in [0.3, 0.4) is 0 Å². The molecule has 0 heterocycles. The molecule has 0 aromatic carbocycles. The Kier molecular flexibility index (Phi) is 3.39. The van der Waals surface area contributed by atoms with Crippen molar-refractivity contribution in [1.29, 1.82) is 0 Å². The molecule has 2 rings (SSSR count). The second-order valence-electron chi connectivity index (χ2n) is 5.27. The first-order valence-electron chi connectivity index (χ1n) is 6.05. The van der Waals surface area contributed by atoms with Crippen molar-refractivity contribution in [2.24, 2.45) is 11.8 Å². The maximum atomic E-state index is 12.1. The number of alkyl halides is 1. The van der Waals surface area contributed by atoms with Gasteiger partial charge in [-0.1, -0.05) is 29.3 Å². The molecule has 2 aliphatic carbocycles. The molecule has 1 amide bonds. The van der Waals surface area contributed by atoms with Crippen LogP contribution in [-0.4, -0.2) is 16.8 Å². The lowest BCUT2D eigenvalue weighted by atomic mass is 9.78. The van der Waals surface area contributed by atoms with Crippen molar-refractivity contribution >= 4 is 21.8 Å². The maximum Gasteiger partial charge on any atom is 0.223 e. The van der Waals surface area contributed by atoms with Gasteiger partial charge in [-0.2, -0.15) is 0 Å². The average molecular weight is 274 g/mol. The van der Waals surface area contributed by atoms with Crippen molar-refractivity contribution in [2.45, 2.75) is 51.0 Å². The van der Waals surface area contributed by atoms with Gasteiger partial charge in [0.2, 0.25) is 5.91 Å². The lowest BCUT2D eigenvalue weighted by molar-refractivity contribution is -0.128. The normalized spacial score (nSPS) is 33.5. The average Bonchev–Trinajstić information content (AvgIpc) is 2.58. The number of amides is 1. The van der Waals surface area contributed by atoms with Crippen LogP contribution in [-0.2, 0) is 4.79 Å². The van der Waals surface area contributed by atoms with Crippen molar-refractivity contribution in [1.82, 2.24) is 5.32 Å². The van der Waals surface area contributed by atoms with E-state index in [4.69, 9.17) is 0 Å². The Morgan fingerprint density at radius 3 is 2.53 bits per heavy atom. The van der Waals surface area contributed by atoms with Crippen LogP contribution < -0.4 is 5.32 Å². The monoisotopic (exact) mass is 273 g/mol. The van der Waals surface area contributed by atoms with Crippen LogP contribution in [0.2, 0.25) is 0 Å². The van der Waals surface area contributed by atoms with E-state index in [-0.39, 0.29) is 11.5 Å². The Labute approximate surface area is 100 Å². The summed E-state index contributed by atoms with van der Waals surface area (Å²) in [5.74, 6) is 1.16. The molecule has 2 nitrogen and oxygen atoms in total. The minimum atomic E-state index is 0.0966. The van der Waals surface area contributed by atoms with Crippen LogP contribution in [0.25, 0.3) is 0 Å². The van der Waals surface area contributed by atoms with Crippen molar-refractivity contribution in [3.8, 4) is 0 Å². The van der Waals surface area contributed by atoms with Crippen molar-refractivity contribution in [2.75, 3.05) is 5.33 Å². The van der Waals surface area contributed by atoms with Gasteiger partial charge < -0.3 is 5.32 Å². The summed E-state index contributed by atoms with van der Waals surface area (Å²) in [5.41, 5.74) is 0.0966. The lowest BCUT2D eigenvalue weighted by Crippen LogP contribution is -2.56. The minimum absolute atomic E-state index is 0.0966. The fraction of sp³-hybridized carbons (Fsp3) is 0.917. The zero-order valence-corrected chi connectivity index (χ0v) is 11.0. The SMILES string of the molecule is CC1CCCC1C(=O)NC1(CBr)CCC1. The van der Waals surface area contributed by atoms with Gasteiger partial charge in [-0.25, -0.2) is 0 Å². The highest BCUT2D eigenvalue weighted by Crippen LogP contribution is 2.36. The Morgan fingerprint density at radius 1 is 1.40 bits per heavy atom. The third-order valence-corrected chi connectivity index (χ3v) is 5.23. The molecule has 15 heavy (non-hydrogen) atoms. The zero-order valence-electron chi connectivity index (χ0n) is 9.39. The highest BCUT2D eigenvalue weighted by Gasteiger charge is 2.40. The molecular formula is C12H20BrNO. The molecule has 0 aromatic rings. The Balaban J connectivity index is 1.91. The van der Waals surface area contributed by atoms with E-state index in [2.05, 4.69) is 28.2 Å². The van der Waals surface area contributed by atoms with E-state index in [0.29, 0.717) is 11.8 Å². The van der Waals surface area contributed by atoms with Crippen molar-refractivity contribution in [3.05, 3.63) is 0 Å². The second kappa shape index (κ2) is 4.44. The second-order valence-corrected chi connectivity index (χ2v) is 5.83.